The molecule has 2 rings (SSSR count). The van der Waals surface area contributed by atoms with E-state index in [1.807, 2.05) is 0 Å². The molecule has 1 heterocycles. The highest BCUT2D eigenvalue weighted by molar-refractivity contribution is 7.99. The van der Waals surface area contributed by atoms with Crippen LogP contribution in [0.2, 0.25) is 0 Å². The molecule has 0 aliphatic rings. The summed E-state index contributed by atoms with van der Waals surface area (Å²) in [6.45, 7) is -0.528. The summed E-state index contributed by atoms with van der Waals surface area (Å²) in [5, 5.41) is 11.8. The second-order valence-corrected chi connectivity index (χ2v) is 5.65. The first kappa shape index (κ1) is 17.9. The minimum Gasteiger partial charge on any atom is -0.390 e. The Bertz CT molecular complexity index is 766. The second-order valence-electron chi connectivity index (χ2n) is 4.70. The Morgan fingerprint density at radius 2 is 2.12 bits per heavy atom. The highest BCUT2D eigenvalue weighted by atomic mass is 32.2. The Balaban J connectivity index is 2.01. The van der Waals surface area contributed by atoms with Gasteiger partial charge in [-0.25, -0.2) is 13.8 Å². The first-order valence-corrected chi connectivity index (χ1v) is 7.70. The largest absolute Gasteiger partial charge is 0.390 e. The molecule has 0 bridgehead atoms. The Kier molecular flexibility index (Phi) is 5.88. The van der Waals surface area contributed by atoms with Crippen LogP contribution in [0.3, 0.4) is 0 Å². The van der Waals surface area contributed by atoms with Gasteiger partial charge in [0.25, 0.3) is 0 Å². The molecule has 0 radical (unpaired) electrons. The number of nitrogens with one attached hydrogen (secondary N) is 1. The number of aromatic nitrogens is 2. The third-order valence-electron chi connectivity index (χ3n) is 2.92. The van der Waals surface area contributed by atoms with Gasteiger partial charge in [-0.1, -0.05) is 11.8 Å². The number of hydrogen-bond donors (Lipinski definition) is 3. The van der Waals surface area contributed by atoms with E-state index >= 15 is 0 Å². The number of thioether (sulfide) groups is 1. The molecule has 0 aliphatic heterocycles. The fourth-order valence-corrected chi connectivity index (χ4v) is 2.66. The van der Waals surface area contributed by atoms with Crippen molar-refractivity contribution in [2.24, 2.45) is 5.73 Å². The summed E-state index contributed by atoms with van der Waals surface area (Å²) < 4.78 is 27.7. The molecule has 4 N–H and O–H groups in total. The van der Waals surface area contributed by atoms with Crippen LogP contribution in [0.1, 0.15) is 5.69 Å². The number of carbonyl (C=O) groups is 2. The van der Waals surface area contributed by atoms with Gasteiger partial charge in [-0.3, -0.25) is 9.59 Å². The summed E-state index contributed by atoms with van der Waals surface area (Å²) >= 11 is 0.986. The van der Waals surface area contributed by atoms with Crippen molar-refractivity contribution in [2.45, 2.75) is 18.3 Å². The number of benzene rings is 1. The number of primary amides is 1. The maximum atomic E-state index is 13.5. The average Bonchev–Trinajstić information content (AvgIpc) is 2.89. The normalized spacial score (nSPS) is 10.6. The lowest BCUT2D eigenvalue weighted by molar-refractivity contribution is -0.118. The number of aliphatic hydroxyl groups is 1. The Hall–Kier alpha value is -2.46. The van der Waals surface area contributed by atoms with Crippen LogP contribution in [0.5, 0.6) is 0 Å². The van der Waals surface area contributed by atoms with Gasteiger partial charge in [-0.2, -0.15) is 0 Å². The van der Waals surface area contributed by atoms with E-state index < -0.39 is 23.4 Å². The predicted octanol–water partition coefficient (Wildman–Crippen LogP) is 0.870. The molecule has 1 aromatic heterocycles. The van der Waals surface area contributed by atoms with Gasteiger partial charge in [0.1, 0.15) is 18.2 Å². The lowest BCUT2D eigenvalue weighted by Gasteiger charge is -2.09. The summed E-state index contributed by atoms with van der Waals surface area (Å²) in [5.74, 6) is -2.92. The van der Waals surface area contributed by atoms with E-state index in [1.54, 1.807) is 0 Å². The summed E-state index contributed by atoms with van der Waals surface area (Å²) in [4.78, 5) is 26.9. The number of amides is 2. The Morgan fingerprint density at radius 1 is 1.38 bits per heavy atom. The van der Waals surface area contributed by atoms with Crippen molar-refractivity contribution >= 4 is 29.3 Å². The van der Waals surface area contributed by atoms with Crippen LogP contribution in [0.4, 0.5) is 14.5 Å². The topological polar surface area (TPSA) is 110 Å². The molecule has 2 aromatic rings. The predicted molar refractivity (Wildman–Crippen MR) is 83.1 cm³/mol. The van der Waals surface area contributed by atoms with E-state index in [1.165, 1.54) is 10.8 Å². The molecule has 2 amide bonds. The zero-order valence-electron chi connectivity index (χ0n) is 12.3. The van der Waals surface area contributed by atoms with E-state index in [-0.39, 0.29) is 24.6 Å². The van der Waals surface area contributed by atoms with Gasteiger partial charge in [-0.05, 0) is 12.1 Å². The molecule has 10 heteroatoms. The number of halogens is 2. The summed E-state index contributed by atoms with van der Waals surface area (Å²) in [5.41, 5.74) is 5.37. The van der Waals surface area contributed by atoms with E-state index in [2.05, 4.69) is 10.3 Å². The van der Waals surface area contributed by atoms with Gasteiger partial charge in [0.05, 0.1) is 29.9 Å². The number of anilines is 1. The number of imidazole rings is 1. The molecule has 7 nitrogen and oxygen atoms in total. The molecule has 0 saturated carbocycles. The number of rotatable bonds is 7. The maximum absolute atomic E-state index is 13.5. The number of aliphatic hydroxyl groups excluding tert-OH is 1. The number of nitrogens with zero attached hydrogens (tertiary/aromatic N) is 2. The van der Waals surface area contributed by atoms with Gasteiger partial charge >= 0.3 is 0 Å². The first-order chi connectivity index (χ1) is 11.4. The fourth-order valence-electron chi connectivity index (χ4n) is 1.87. The summed E-state index contributed by atoms with van der Waals surface area (Å²) in [7, 11) is 0. The minimum atomic E-state index is -0.883. The number of carbonyl (C=O) groups excluding carboxylic acids is 2. The average molecular weight is 356 g/mol. The molecular formula is C14H14F2N4O3S. The van der Waals surface area contributed by atoms with Crippen LogP contribution in [-0.2, 0) is 22.7 Å². The molecule has 0 aliphatic carbocycles. The molecule has 0 unspecified atom stereocenters. The van der Waals surface area contributed by atoms with Gasteiger partial charge in [0, 0.05) is 6.07 Å². The summed E-state index contributed by atoms with van der Waals surface area (Å²) in [6.07, 6.45) is 1.36. The smallest absolute Gasteiger partial charge is 0.237 e. The molecule has 0 saturated heterocycles. The van der Waals surface area contributed by atoms with Crippen molar-refractivity contribution in [3.63, 3.8) is 0 Å². The molecule has 0 spiro atoms. The minimum absolute atomic E-state index is 0.128. The monoisotopic (exact) mass is 356 g/mol. The zero-order valence-corrected chi connectivity index (χ0v) is 13.1. The number of hydrogen-bond acceptors (Lipinski definition) is 5. The highest BCUT2D eigenvalue weighted by Crippen LogP contribution is 2.20. The van der Waals surface area contributed by atoms with E-state index in [0.29, 0.717) is 16.9 Å². The molecule has 1 aromatic carbocycles. The molecule has 128 valence electrons. The summed E-state index contributed by atoms with van der Waals surface area (Å²) in [6, 6.07) is 2.81. The van der Waals surface area contributed by atoms with E-state index in [0.717, 1.165) is 23.9 Å². The number of nitrogens with two attached hydrogens (primary N) is 1. The quantitative estimate of drug-likeness (QED) is 0.638. The van der Waals surface area contributed by atoms with Crippen LogP contribution < -0.4 is 11.1 Å². The van der Waals surface area contributed by atoms with Crippen molar-refractivity contribution in [1.82, 2.24) is 9.55 Å². The van der Waals surface area contributed by atoms with Gasteiger partial charge in [0.15, 0.2) is 5.16 Å². The first-order valence-electron chi connectivity index (χ1n) is 6.72. The lowest BCUT2D eigenvalue weighted by atomic mass is 10.3. The molecule has 0 atom stereocenters. The fraction of sp³-hybridized carbons (Fsp3) is 0.214. The molecule has 24 heavy (non-hydrogen) atoms. The van der Waals surface area contributed by atoms with Crippen molar-refractivity contribution in [1.29, 1.82) is 0 Å². The van der Waals surface area contributed by atoms with Crippen LogP contribution in [0.15, 0.2) is 29.6 Å². The van der Waals surface area contributed by atoms with Gasteiger partial charge < -0.3 is 20.7 Å². The van der Waals surface area contributed by atoms with Crippen LogP contribution in [0.25, 0.3) is 0 Å². The maximum Gasteiger partial charge on any atom is 0.237 e. The van der Waals surface area contributed by atoms with Crippen LogP contribution >= 0.6 is 11.8 Å². The van der Waals surface area contributed by atoms with Gasteiger partial charge in [0.2, 0.25) is 11.8 Å². The third-order valence-corrected chi connectivity index (χ3v) is 3.91. The van der Waals surface area contributed by atoms with Crippen molar-refractivity contribution in [3.05, 3.63) is 41.7 Å². The third kappa shape index (κ3) is 4.52. The van der Waals surface area contributed by atoms with Crippen LogP contribution in [0, 0.1) is 11.6 Å². The standard InChI is InChI=1S/C14H14F2N4O3S/c15-8-1-2-11(10(16)3-8)19-13(23)7-24-14-18-4-9(6-21)20(14)5-12(17)22/h1-4,21H,5-7H2,(H2,17,22)(H,19,23). The van der Waals surface area contributed by atoms with Crippen molar-refractivity contribution in [2.75, 3.05) is 11.1 Å². The SMILES string of the molecule is NC(=O)Cn1c(CO)cnc1SCC(=O)Nc1ccc(F)cc1F. The Morgan fingerprint density at radius 3 is 2.75 bits per heavy atom. The zero-order chi connectivity index (χ0) is 17.7. The lowest BCUT2D eigenvalue weighted by Crippen LogP contribution is -2.21. The molecular weight excluding hydrogens is 342 g/mol. The van der Waals surface area contributed by atoms with Gasteiger partial charge in [-0.15, -0.1) is 0 Å². The second kappa shape index (κ2) is 7.88. The van der Waals surface area contributed by atoms with Crippen molar-refractivity contribution in [3.8, 4) is 0 Å². The van der Waals surface area contributed by atoms with Crippen molar-refractivity contribution < 1.29 is 23.5 Å². The highest BCUT2D eigenvalue weighted by Gasteiger charge is 2.14. The Labute approximate surface area is 139 Å². The van der Waals surface area contributed by atoms with Crippen LogP contribution in [-0.4, -0.2) is 32.2 Å². The molecule has 0 fully saturated rings. The van der Waals surface area contributed by atoms with E-state index in [9.17, 15) is 23.5 Å². The van der Waals surface area contributed by atoms with E-state index in [4.69, 9.17) is 5.73 Å².